The standard InChI is InChI=1S/C12H15NO2/c1-8-6-4-5-7-10(8)11-9(2)13(3)12(14)15-11/h4-7,9,11H,1-3H3. The minimum Gasteiger partial charge on any atom is -0.439 e. The molecule has 1 aromatic rings. The lowest BCUT2D eigenvalue weighted by atomic mass is 9.99. The van der Waals surface area contributed by atoms with E-state index in [9.17, 15) is 4.79 Å². The number of aryl methyl sites for hydroxylation is 1. The Morgan fingerprint density at radius 3 is 2.53 bits per heavy atom. The highest BCUT2D eigenvalue weighted by Gasteiger charge is 2.37. The van der Waals surface area contributed by atoms with Crippen LogP contribution >= 0.6 is 0 Å². The van der Waals surface area contributed by atoms with Crippen molar-refractivity contribution in [1.29, 1.82) is 0 Å². The lowest BCUT2D eigenvalue weighted by Gasteiger charge is -2.18. The fourth-order valence-corrected chi connectivity index (χ4v) is 1.89. The molecule has 15 heavy (non-hydrogen) atoms. The van der Waals surface area contributed by atoms with E-state index in [1.54, 1.807) is 11.9 Å². The van der Waals surface area contributed by atoms with E-state index in [4.69, 9.17) is 4.74 Å². The SMILES string of the molecule is Cc1ccccc1C1OC(=O)N(C)C1C. The van der Waals surface area contributed by atoms with Crippen LogP contribution in [0.5, 0.6) is 0 Å². The van der Waals surface area contributed by atoms with E-state index < -0.39 is 0 Å². The van der Waals surface area contributed by atoms with Crippen molar-refractivity contribution in [3.05, 3.63) is 35.4 Å². The second-order valence-corrected chi connectivity index (χ2v) is 4.01. The normalized spacial score (nSPS) is 25.5. The van der Waals surface area contributed by atoms with E-state index in [-0.39, 0.29) is 18.2 Å². The highest BCUT2D eigenvalue weighted by molar-refractivity contribution is 5.70. The topological polar surface area (TPSA) is 29.5 Å². The van der Waals surface area contributed by atoms with Gasteiger partial charge < -0.3 is 9.64 Å². The van der Waals surface area contributed by atoms with E-state index in [1.165, 1.54) is 0 Å². The van der Waals surface area contributed by atoms with Gasteiger partial charge in [0.25, 0.3) is 0 Å². The van der Waals surface area contributed by atoms with Crippen molar-refractivity contribution < 1.29 is 9.53 Å². The summed E-state index contributed by atoms with van der Waals surface area (Å²) in [5.74, 6) is 0. The minimum atomic E-state index is -0.240. The van der Waals surface area contributed by atoms with Crippen LogP contribution in [-0.2, 0) is 4.74 Å². The van der Waals surface area contributed by atoms with Crippen LogP contribution in [0, 0.1) is 6.92 Å². The number of likely N-dealkylation sites (N-methyl/N-ethyl adjacent to an activating group) is 1. The summed E-state index contributed by atoms with van der Waals surface area (Å²) in [7, 11) is 1.77. The molecule has 1 aliphatic heterocycles. The highest BCUT2D eigenvalue weighted by atomic mass is 16.6. The molecule has 2 atom stereocenters. The summed E-state index contributed by atoms with van der Waals surface area (Å²) in [5.41, 5.74) is 2.26. The van der Waals surface area contributed by atoms with Gasteiger partial charge in [-0.3, -0.25) is 0 Å². The number of hydrogen-bond donors (Lipinski definition) is 0. The fourth-order valence-electron chi connectivity index (χ4n) is 1.89. The van der Waals surface area contributed by atoms with Gasteiger partial charge in [0.15, 0.2) is 0 Å². The van der Waals surface area contributed by atoms with Crippen LogP contribution in [0.3, 0.4) is 0 Å². The van der Waals surface area contributed by atoms with Crippen LogP contribution in [0.25, 0.3) is 0 Å². The molecule has 0 spiro atoms. The number of carbonyl (C=O) groups is 1. The molecular weight excluding hydrogens is 190 g/mol. The molecule has 1 amide bonds. The highest BCUT2D eigenvalue weighted by Crippen LogP contribution is 2.32. The Hall–Kier alpha value is -1.51. The van der Waals surface area contributed by atoms with Crippen LogP contribution in [-0.4, -0.2) is 24.1 Å². The van der Waals surface area contributed by atoms with E-state index in [2.05, 4.69) is 0 Å². The van der Waals surface area contributed by atoms with Crippen molar-refractivity contribution in [2.75, 3.05) is 7.05 Å². The summed E-state index contributed by atoms with van der Waals surface area (Å²) >= 11 is 0. The molecule has 0 aromatic heterocycles. The summed E-state index contributed by atoms with van der Waals surface area (Å²) in [6.45, 7) is 4.04. The lowest BCUT2D eigenvalue weighted by Crippen LogP contribution is -2.27. The number of hydrogen-bond acceptors (Lipinski definition) is 2. The Labute approximate surface area is 89.7 Å². The van der Waals surface area contributed by atoms with Crippen molar-refractivity contribution in [3.8, 4) is 0 Å². The van der Waals surface area contributed by atoms with Crippen LogP contribution in [0.2, 0.25) is 0 Å². The molecule has 3 nitrogen and oxygen atoms in total. The number of amides is 1. The zero-order valence-corrected chi connectivity index (χ0v) is 9.23. The third-order valence-corrected chi connectivity index (χ3v) is 3.06. The van der Waals surface area contributed by atoms with Gasteiger partial charge in [-0.15, -0.1) is 0 Å². The number of nitrogens with zero attached hydrogens (tertiary/aromatic N) is 1. The quantitative estimate of drug-likeness (QED) is 0.705. The third kappa shape index (κ3) is 1.58. The van der Waals surface area contributed by atoms with Crippen molar-refractivity contribution in [2.24, 2.45) is 0 Å². The number of ether oxygens (including phenoxy) is 1. The Morgan fingerprint density at radius 1 is 1.33 bits per heavy atom. The number of rotatable bonds is 1. The van der Waals surface area contributed by atoms with E-state index >= 15 is 0 Å². The Bertz CT molecular complexity index is 389. The predicted octanol–water partition coefficient (Wildman–Crippen LogP) is 2.51. The average Bonchev–Trinajstić information content (AvgIpc) is 2.47. The molecule has 1 fully saturated rings. The van der Waals surface area contributed by atoms with Crippen LogP contribution < -0.4 is 0 Å². The first-order chi connectivity index (χ1) is 7.11. The van der Waals surface area contributed by atoms with Crippen molar-refractivity contribution in [2.45, 2.75) is 26.0 Å². The minimum absolute atomic E-state index is 0.0959. The van der Waals surface area contributed by atoms with Gasteiger partial charge in [-0.25, -0.2) is 4.79 Å². The lowest BCUT2D eigenvalue weighted by molar-refractivity contribution is 0.131. The van der Waals surface area contributed by atoms with E-state index in [0.29, 0.717) is 0 Å². The first-order valence-corrected chi connectivity index (χ1v) is 5.10. The number of benzene rings is 1. The molecule has 2 unspecified atom stereocenters. The van der Waals surface area contributed by atoms with Crippen LogP contribution in [0.15, 0.2) is 24.3 Å². The van der Waals surface area contributed by atoms with E-state index in [1.807, 2.05) is 38.1 Å². The summed E-state index contributed by atoms with van der Waals surface area (Å²) in [6, 6.07) is 8.11. The maximum Gasteiger partial charge on any atom is 0.410 e. The monoisotopic (exact) mass is 205 g/mol. The van der Waals surface area contributed by atoms with Crippen molar-refractivity contribution in [3.63, 3.8) is 0 Å². The van der Waals surface area contributed by atoms with Gasteiger partial charge in [0.05, 0.1) is 6.04 Å². The molecule has 3 heteroatoms. The van der Waals surface area contributed by atoms with Gasteiger partial charge in [0.2, 0.25) is 0 Å². The molecule has 1 saturated heterocycles. The van der Waals surface area contributed by atoms with E-state index in [0.717, 1.165) is 11.1 Å². The van der Waals surface area contributed by atoms with Gasteiger partial charge >= 0.3 is 6.09 Å². The summed E-state index contributed by atoms with van der Waals surface area (Å²) in [4.78, 5) is 13.0. The first-order valence-electron chi connectivity index (χ1n) is 5.10. The smallest absolute Gasteiger partial charge is 0.410 e. The maximum atomic E-state index is 11.4. The van der Waals surface area contributed by atoms with Gasteiger partial charge in [0, 0.05) is 7.05 Å². The fraction of sp³-hybridized carbons (Fsp3) is 0.417. The molecule has 1 aliphatic rings. The van der Waals surface area contributed by atoms with Gasteiger partial charge in [0.1, 0.15) is 6.10 Å². The Morgan fingerprint density at radius 2 is 2.00 bits per heavy atom. The first kappa shape index (κ1) is 10.0. The Balaban J connectivity index is 2.34. The van der Waals surface area contributed by atoms with Crippen molar-refractivity contribution in [1.82, 2.24) is 4.90 Å². The van der Waals surface area contributed by atoms with Gasteiger partial charge in [-0.2, -0.15) is 0 Å². The summed E-state index contributed by atoms with van der Waals surface area (Å²) < 4.78 is 5.34. The second kappa shape index (κ2) is 3.57. The molecule has 0 aliphatic carbocycles. The summed E-state index contributed by atoms with van der Waals surface area (Å²) in [5, 5.41) is 0. The molecule has 0 bridgehead atoms. The molecule has 80 valence electrons. The Kier molecular flexibility index (Phi) is 2.39. The molecule has 2 rings (SSSR count). The van der Waals surface area contributed by atoms with Gasteiger partial charge in [-0.05, 0) is 25.0 Å². The largest absolute Gasteiger partial charge is 0.439 e. The van der Waals surface area contributed by atoms with Gasteiger partial charge in [-0.1, -0.05) is 24.3 Å². The zero-order chi connectivity index (χ0) is 11.0. The molecule has 1 aromatic carbocycles. The number of carbonyl (C=O) groups excluding carboxylic acids is 1. The van der Waals surface area contributed by atoms with Crippen LogP contribution in [0.4, 0.5) is 4.79 Å². The molecule has 0 saturated carbocycles. The van der Waals surface area contributed by atoms with Crippen LogP contribution in [0.1, 0.15) is 24.2 Å². The predicted molar refractivity (Wildman–Crippen MR) is 57.6 cm³/mol. The molecular formula is C12H15NO2. The molecule has 1 heterocycles. The molecule has 0 N–H and O–H groups in total. The molecule has 0 radical (unpaired) electrons. The maximum absolute atomic E-state index is 11.4. The zero-order valence-electron chi connectivity index (χ0n) is 9.23. The third-order valence-electron chi connectivity index (χ3n) is 3.06. The van der Waals surface area contributed by atoms with Crippen molar-refractivity contribution >= 4 is 6.09 Å². The second-order valence-electron chi connectivity index (χ2n) is 4.01. The summed E-state index contributed by atoms with van der Waals surface area (Å²) in [6.07, 6.45) is -0.376. The average molecular weight is 205 g/mol. The number of cyclic esters (lactones) is 1.